The van der Waals surface area contributed by atoms with Gasteiger partial charge in [0.25, 0.3) is 10.0 Å². The van der Waals surface area contributed by atoms with Gasteiger partial charge in [0.15, 0.2) is 0 Å². The molecule has 0 radical (unpaired) electrons. The molecule has 28 heavy (non-hydrogen) atoms. The van der Waals surface area contributed by atoms with Crippen LogP contribution in [0, 0.1) is 0 Å². The van der Waals surface area contributed by atoms with Crippen LogP contribution in [0.2, 0.25) is 0 Å². The lowest BCUT2D eigenvalue weighted by molar-refractivity contribution is 0.580. The van der Waals surface area contributed by atoms with Crippen LogP contribution < -0.4 is 0 Å². The van der Waals surface area contributed by atoms with Crippen LogP contribution in [0.25, 0.3) is 17.3 Å². The van der Waals surface area contributed by atoms with Crippen molar-refractivity contribution in [3.05, 3.63) is 72.7 Å². The Morgan fingerprint density at radius 2 is 1.86 bits per heavy atom. The highest BCUT2D eigenvalue weighted by atomic mass is 32.2. The molecule has 0 bridgehead atoms. The molecule has 2 aromatic heterocycles. The van der Waals surface area contributed by atoms with E-state index in [1.165, 1.54) is 19.3 Å². The van der Waals surface area contributed by atoms with Gasteiger partial charge in [-0.05, 0) is 37.1 Å². The molecule has 3 aromatic rings. The summed E-state index contributed by atoms with van der Waals surface area (Å²) in [6.45, 7) is 2.19. The third kappa shape index (κ3) is 4.75. The lowest BCUT2D eigenvalue weighted by Gasteiger charge is -2.03. The van der Waals surface area contributed by atoms with Crippen LogP contribution in [0.4, 0.5) is 0 Å². The molecule has 0 atom stereocenters. The minimum atomic E-state index is -3.74. The third-order valence-corrected chi connectivity index (χ3v) is 6.01. The van der Waals surface area contributed by atoms with Crippen molar-refractivity contribution in [3.8, 4) is 11.3 Å². The van der Waals surface area contributed by atoms with Crippen molar-refractivity contribution in [1.29, 1.82) is 0 Å². The molecule has 1 aromatic carbocycles. The summed E-state index contributed by atoms with van der Waals surface area (Å²) >= 11 is 0. The standard InChI is InChI=1S/C22H25N3O2S/c1-2-3-4-5-6-8-12-20-18-25(24-22(20)19-13-11-16-23-17-19)28(26,27)21-14-9-7-10-15-21/h7-18H,2-6H2,1H3. The Morgan fingerprint density at radius 3 is 2.57 bits per heavy atom. The minimum Gasteiger partial charge on any atom is -0.264 e. The van der Waals surface area contributed by atoms with Crippen LogP contribution in [0.5, 0.6) is 0 Å². The number of aromatic nitrogens is 3. The molecule has 5 nitrogen and oxygen atoms in total. The van der Waals surface area contributed by atoms with Crippen molar-refractivity contribution >= 4 is 16.1 Å². The van der Waals surface area contributed by atoms with Crippen molar-refractivity contribution in [2.75, 3.05) is 0 Å². The highest BCUT2D eigenvalue weighted by Gasteiger charge is 2.20. The first kappa shape index (κ1) is 20.0. The van der Waals surface area contributed by atoms with Gasteiger partial charge in [-0.3, -0.25) is 4.98 Å². The molecule has 0 spiro atoms. The Morgan fingerprint density at radius 1 is 1.04 bits per heavy atom. The Hall–Kier alpha value is -2.73. The summed E-state index contributed by atoms with van der Waals surface area (Å²) in [5, 5.41) is 4.39. The summed E-state index contributed by atoms with van der Waals surface area (Å²) in [5.41, 5.74) is 2.16. The number of unbranched alkanes of at least 4 members (excludes halogenated alkanes) is 4. The lowest BCUT2D eigenvalue weighted by Crippen LogP contribution is -2.13. The largest absolute Gasteiger partial charge is 0.282 e. The van der Waals surface area contributed by atoms with Crippen molar-refractivity contribution in [1.82, 2.24) is 14.2 Å². The van der Waals surface area contributed by atoms with Gasteiger partial charge in [-0.15, -0.1) is 0 Å². The summed E-state index contributed by atoms with van der Waals surface area (Å²) in [6, 6.07) is 12.0. The fourth-order valence-electron chi connectivity index (χ4n) is 2.94. The first-order valence-electron chi connectivity index (χ1n) is 9.60. The summed E-state index contributed by atoms with van der Waals surface area (Å²) in [4.78, 5) is 4.35. The molecular formula is C22H25N3O2S. The first-order valence-corrected chi connectivity index (χ1v) is 11.0. The van der Waals surface area contributed by atoms with E-state index in [0.717, 1.165) is 28.1 Å². The highest BCUT2D eigenvalue weighted by Crippen LogP contribution is 2.25. The predicted octanol–water partition coefficient (Wildman–Crippen LogP) is 5.17. The second-order valence-corrected chi connectivity index (χ2v) is 8.41. The van der Waals surface area contributed by atoms with E-state index < -0.39 is 10.0 Å². The number of benzene rings is 1. The van der Waals surface area contributed by atoms with Gasteiger partial charge in [0.05, 0.1) is 11.1 Å². The van der Waals surface area contributed by atoms with E-state index in [1.54, 1.807) is 48.9 Å². The van der Waals surface area contributed by atoms with Gasteiger partial charge < -0.3 is 0 Å². The fourth-order valence-corrected chi connectivity index (χ4v) is 4.10. The van der Waals surface area contributed by atoms with Crippen LogP contribution >= 0.6 is 0 Å². The maximum Gasteiger partial charge on any atom is 0.282 e. The molecule has 0 amide bonds. The van der Waals surface area contributed by atoms with Crippen LogP contribution in [0.3, 0.4) is 0 Å². The molecule has 0 aliphatic heterocycles. The minimum absolute atomic E-state index is 0.213. The second-order valence-electron chi connectivity index (χ2n) is 6.62. The smallest absolute Gasteiger partial charge is 0.264 e. The zero-order valence-electron chi connectivity index (χ0n) is 16.0. The Balaban J connectivity index is 1.93. The van der Waals surface area contributed by atoms with E-state index in [-0.39, 0.29) is 4.90 Å². The van der Waals surface area contributed by atoms with E-state index >= 15 is 0 Å². The molecule has 0 N–H and O–H groups in total. The van der Waals surface area contributed by atoms with Gasteiger partial charge in [-0.1, -0.05) is 56.5 Å². The zero-order valence-corrected chi connectivity index (χ0v) is 16.8. The summed E-state index contributed by atoms with van der Waals surface area (Å²) in [6.07, 6.45) is 14.7. The number of allylic oxidation sites excluding steroid dienone is 1. The fraction of sp³-hybridized carbons (Fsp3) is 0.273. The number of nitrogens with zero attached hydrogens (tertiary/aromatic N) is 3. The number of pyridine rings is 1. The first-order chi connectivity index (χ1) is 13.6. The SMILES string of the molecule is CCCCCCC=Cc1cn(S(=O)(=O)c2ccccc2)nc1-c1cccnc1. The molecule has 0 aliphatic rings. The van der Waals surface area contributed by atoms with Crippen LogP contribution in [0.1, 0.15) is 44.6 Å². The number of rotatable bonds is 9. The normalized spacial score (nSPS) is 11.9. The Labute approximate surface area is 166 Å². The van der Waals surface area contributed by atoms with Crippen molar-refractivity contribution in [2.45, 2.75) is 43.9 Å². The van der Waals surface area contributed by atoms with Crippen LogP contribution in [-0.4, -0.2) is 22.6 Å². The van der Waals surface area contributed by atoms with Crippen molar-refractivity contribution in [3.63, 3.8) is 0 Å². The summed E-state index contributed by atoms with van der Waals surface area (Å²) in [5.74, 6) is 0. The third-order valence-electron chi connectivity index (χ3n) is 4.47. The van der Waals surface area contributed by atoms with Crippen LogP contribution in [0.15, 0.2) is 72.0 Å². The molecule has 0 saturated heterocycles. The van der Waals surface area contributed by atoms with Gasteiger partial charge in [0, 0.05) is 23.5 Å². The topological polar surface area (TPSA) is 64.8 Å². The van der Waals surface area contributed by atoms with E-state index in [9.17, 15) is 8.42 Å². The van der Waals surface area contributed by atoms with E-state index in [0.29, 0.717) is 5.69 Å². The molecule has 0 unspecified atom stereocenters. The average Bonchev–Trinajstić information content (AvgIpc) is 3.17. The molecule has 6 heteroatoms. The number of hydrogen-bond donors (Lipinski definition) is 0. The Kier molecular flexibility index (Phi) is 6.76. The van der Waals surface area contributed by atoms with Crippen molar-refractivity contribution < 1.29 is 8.42 Å². The maximum atomic E-state index is 12.9. The van der Waals surface area contributed by atoms with Gasteiger partial charge in [0.1, 0.15) is 5.69 Å². The molecule has 3 rings (SSSR count). The molecule has 0 aliphatic carbocycles. The van der Waals surface area contributed by atoms with Gasteiger partial charge in [-0.2, -0.15) is 17.6 Å². The summed E-state index contributed by atoms with van der Waals surface area (Å²) in [7, 11) is -3.74. The highest BCUT2D eigenvalue weighted by molar-refractivity contribution is 7.89. The second kappa shape index (κ2) is 9.46. The van der Waals surface area contributed by atoms with Gasteiger partial charge in [0.2, 0.25) is 0 Å². The van der Waals surface area contributed by atoms with Gasteiger partial charge in [-0.25, -0.2) is 0 Å². The predicted molar refractivity (Wildman–Crippen MR) is 112 cm³/mol. The molecular weight excluding hydrogens is 370 g/mol. The zero-order chi connectivity index (χ0) is 19.8. The van der Waals surface area contributed by atoms with Crippen LogP contribution in [-0.2, 0) is 10.0 Å². The van der Waals surface area contributed by atoms with E-state index in [2.05, 4.69) is 23.1 Å². The quantitative estimate of drug-likeness (QED) is 0.469. The van der Waals surface area contributed by atoms with E-state index in [4.69, 9.17) is 0 Å². The molecule has 0 saturated carbocycles. The molecule has 146 valence electrons. The number of hydrogen-bond acceptors (Lipinski definition) is 4. The van der Waals surface area contributed by atoms with Crippen molar-refractivity contribution in [2.24, 2.45) is 0 Å². The van der Waals surface area contributed by atoms with E-state index in [1.807, 2.05) is 18.2 Å². The lowest BCUT2D eigenvalue weighted by atomic mass is 10.1. The monoisotopic (exact) mass is 395 g/mol. The average molecular weight is 396 g/mol. The van der Waals surface area contributed by atoms with Gasteiger partial charge >= 0.3 is 0 Å². The Bertz CT molecular complexity index is 1010. The maximum absolute atomic E-state index is 12.9. The summed E-state index contributed by atoms with van der Waals surface area (Å²) < 4.78 is 26.9. The molecule has 0 fully saturated rings. The molecule has 2 heterocycles.